The Balaban J connectivity index is 2.11. The van der Waals surface area contributed by atoms with Gasteiger partial charge in [-0.25, -0.2) is 4.79 Å². The minimum absolute atomic E-state index is 0.152. The van der Waals surface area contributed by atoms with Crippen LogP contribution in [0.15, 0.2) is 53.4 Å². The normalized spacial score (nSPS) is 11.6. The van der Waals surface area contributed by atoms with E-state index in [0.29, 0.717) is 10.7 Å². The summed E-state index contributed by atoms with van der Waals surface area (Å²) in [7, 11) is 1.71. The number of benzene rings is 2. The number of rotatable bonds is 6. The lowest BCUT2D eigenvalue weighted by molar-refractivity contribution is -0.115. The van der Waals surface area contributed by atoms with Crippen LogP contribution in [0.1, 0.15) is 18.5 Å². The van der Waals surface area contributed by atoms with Crippen LogP contribution in [0, 0.1) is 0 Å². The molecule has 2 rings (SSSR count). The lowest BCUT2D eigenvalue weighted by Gasteiger charge is -2.26. The molecule has 0 bridgehead atoms. The number of para-hydroxylation sites is 1. The van der Waals surface area contributed by atoms with E-state index < -0.39 is 5.91 Å². The lowest BCUT2D eigenvalue weighted by atomic mass is 10.1. The molecule has 0 fully saturated rings. The number of carbonyl (C=O) groups excluding carboxylic acids is 2. The summed E-state index contributed by atoms with van der Waals surface area (Å²) in [6, 6.07) is 14.3. The molecule has 0 spiro atoms. The molecule has 3 N–H and O–H groups in total. The second-order valence-electron chi connectivity index (χ2n) is 5.49. The Bertz CT molecular complexity index is 769. The van der Waals surface area contributed by atoms with Crippen molar-refractivity contribution in [3.63, 3.8) is 0 Å². The number of nitrogens with one attached hydrogen (secondary N) is 1. The maximum atomic E-state index is 12.6. The number of nitrogens with zero attached hydrogens (tertiary/aromatic N) is 1. The minimum Gasteiger partial charge on any atom is -0.369 e. The molecule has 0 aliphatic heterocycles. The van der Waals surface area contributed by atoms with Crippen molar-refractivity contribution in [3.05, 3.63) is 59.1 Å². The molecule has 3 amide bonds. The van der Waals surface area contributed by atoms with Crippen molar-refractivity contribution < 1.29 is 9.59 Å². The van der Waals surface area contributed by atoms with Crippen LogP contribution in [0.2, 0.25) is 5.02 Å². The molecule has 1 atom stereocenters. The van der Waals surface area contributed by atoms with E-state index in [1.54, 1.807) is 24.1 Å². The fourth-order valence-electron chi connectivity index (χ4n) is 2.25. The van der Waals surface area contributed by atoms with Gasteiger partial charge in [-0.3, -0.25) is 4.79 Å². The summed E-state index contributed by atoms with van der Waals surface area (Å²) in [5.74, 6) is -0.255. The molecule has 0 unspecified atom stereocenters. The zero-order valence-corrected chi connectivity index (χ0v) is 15.6. The van der Waals surface area contributed by atoms with Crippen molar-refractivity contribution in [2.24, 2.45) is 5.73 Å². The Morgan fingerprint density at radius 2 is 1.84 bits per heavy atom. The number of nitrogens with two attached hydrogens (primary N) is 1. The summed E-state index contributed by atoms with van der Waals surface area (Å²) in [5, 5.41) is 3.49. The van der Waals surface area contributed by atoms with E-state index in [0.717, 1.165) is 10.5 Å². The van der Waals surface area contributed by atoms with Gasteiger partial charge in [0.2, 0.25) is 5.91 Å². The zero-order chi connectivity index (χ0) is 18.4. The number of amides is 3. The third-order valence-corrected chi connectivity index (χ3v) is 5.20. The third-order valence-electron chi connectivity index (χ3n) is 3.76. The topological polar surface area (TPSA) is 75.4 Å². The highest BCUT2D eigenvalue weighted by Crippen LogP contribution is 2.29. The minimum atomic E-state index is -0.407. The Labute approximate surface area is 156 Å². The van der Waals surface area contributed by atoms with E-state index in [1.165, 1.54) is 11.8 Å². The summed E-state index contributed by atoms with van der Waals surface area (Å²) in [6.45, 7) is 1.91. The number of hydrogen-bond donors (Lipinski definition) is 2. The molecule has 25 heavy (non-hydrogen) atoms. The largest absolute Gasteiger partial charge is 0.369 e. The van der Waals surface area contributed by atoms with E-state index in [4.69, 9.17) is 17.3 Å². The molecule has 0 aromatic heterocycles. The first-order valence-corrected chi connectivity index (χ1v) is 9.05. The van der Waals surface area contributed by atoms with Gasteiger partial charge in [0.1, 0.15) is 0 Å². The zero-order valence-electron chi connectivity index (χ0n) is 14.0. The third kappa shape index (κ3) is 5.14. The van der Waals surface area contributed by atoms with Crippen LogP contribution in [0.5, 0.6) is 0 Å². The summed E-state index contributed by atoms with van der Waals surface area (Å²) in [4.78, 5) is 26.0. The van der Waals surface area contributed by atoms with Gasteiger partial charge in [-0.05, 0) is 30.7 Å². The van der Waals surface area contributed by atoms with Crippen molar-refractivity contribution in [1.29, 1.82) is 0 Å². The number of anilines is 1. The fourth-order valence-corrected chi connectivity index (χ4v) is 3.29. The van der Waals surface area contributed by atoms with Crippen LogP contribution in [0.3, 0.4) is 0 Å². The van der Waals surface area contributed by atoms with Crippen LogP contribution in [0.25, 0.3) is 0 Å². The molecule has 0 aliphatic carbocycles. The van der Waals surface area contributed by atoms with Gasteiger partial charge < -0.3 is 16.0 Å². The van der Waals surface area contributed by atoms with Gasteiger partial charge in [-0.15, -0.1) is 11.8 Å². The number of hydrogen-bond acceptors (Lipinski definition) is 3. The predicted octanol–water partition coefficient (Wildman–Crippen LogP) is 4.14. The van der Waals surface area contributed by atoms with Gasteiger partial charge in [0.15, 0.2) is 0 Å². The molecule has 2 aromatic carbocycles. The van der Waals surface area contributed by atoms with E-state index in [9.17, 15) is 9.59 Å². The van der Waals surface area contributed by atoms with Crippen LogP contribution < -0.4 is 11.1 Å². The standard InChI is InChI=1S/C18H20ClN3O2S/c1-12(13-7-3-4-8-14(13)19)22(2)18(24)21-15-9-5-6-10-16(15)25-11-17(20)23/h3-10,12H,11H2,1-2H3,(H2,20,23)(H,21,24)/t12-/m1/s1. The van der Waals surface area contributed by atoms with Crippen molar-refractivity contribution >= 4 is 41.0 Å². The van der Waals surface area contributed by atoms with Gasteiger partial charge in [-0.2, -0.15) is 0 Å². The quantitative estimate of drug-likeness (QED) is 0.743. The van der Waals surface area contributed by atoms with Gasteiger partial charge in [0.05, 0.1) is 17.5 Å². The summed E-state index contributed by atoms with van der Waals surface area (Å²) in [5.41, 5.74) is 6.70. The van der Waals surface area contributed by atoms with Crippen LogP contribution in [0.4, 0.5) is 10.5 Å². The summed E-state index contributed by atoms with van der Waals surface area (Å²) >= 11 is 7.51. The van der Waals surface area contributed by atoms with Crippen molar-refractivity contribution in [3.8, 4) is 0 Å². The van der Waals surface area contributed by atoms with Gasteiger partial charge in [0.25, 0.3) is 0 Å². The maximum absolute atomic E-state index is 12.6. The average Bonchev–Trinajstić information content (AvgIpc) is 2.60. The van der Waals surface area contributed by atoms with Crippen molar-refractivity contribution in [2.75, 3.05) is 18.1 Å². The number of primary amides is 1. The van der Waals surface area contributed by atoms with Crippen molar-refractivity contribution in [1.82, 2.24) is 4.90 Å². The summed E-state index contributed by atoms with van der Waals surface area (Å²) in [6.07, 6.45) is 0. The highest BCUT2D eigenvalue weighted by molar-refractivity contribution is 8.00. The smallest absolute Gasteiger partial charge is 0.322 e. The van der Waals surface area contributed by atoms with Crippen LogP contribution in [-0.2, 0) is 4.79 Å². The number of carbonyl (C=O) groups is 2. The first-order chi connectivity index (χ1) is 11.9. The molecule has 0 heterocycles. The van der Waals surface area contributed by atoms with E-state index in [-0.39, 0.29) is 17.8 Å². The van der Waals surface area contributed by atoms with Crippen molar-refractivity contribution in [2.45, 2.75) is 17.9 Å². The molecule has 0 saturated carbocycles. The van der Waals surface area contributed by atoms with E-state index in [1.807, 2.05) is 43.3 Å². The second kappa shape index (κ2) is 8.78. The van der Waals surface area contributed by atoms with Crippen LogP contribution in [-0.4, -0.2) is 29.6 Å². The first kappa shape index (κ1) is 19.1. The number of halogens is 1. The molecule has 0 saturated heterocycles. The first-order valence-electron chi connectivity index (χ1n) is 7.68. The van der Waals surface area contributed by atoms with E-state index in [2.05, 4.69) is 5.32 Å². The summed E-state index contributed by atoms with van der Waals surface area (Å²) < 4.78 is 0. The predicted molar refractivity (Wildman–Crippen MR) is 103 cm³/mol. The molecule has 7 heteroatoms. The Kier molecular flexibility index (Phi) is 6.73. The molecular weight excluding hydrogens is 358 g/mol. The maximum Gasteiger partial charge on any atom is 0.322 e. The Morgan fingerprint density at radius 1 is 1.20 bits per heavy atom. The van der Waals surface area contributed by atoms with Gasteiger partial charge in [-0.1, -0.05) is 41.9 Å². The lowest BCUT2D eigenvalue weighted by Crippen LogP contribution is -2.33. The second-order valence-corrected chi connectivity index (χ2v) is 6.91. The molecule has 132 valence electrons. The van der Waals surface area contributed by atoms with Crippen LogP contribution >= 0.6 is 23.4 Å². The number of urea groups is 1. The van der Waals surface area contributed by atoms with Gasteiger partial charge >= 0.3 is 6.03 Å². The SMILES string of the molecule is C[C@H](c1ccccc1Cl)N(C)C(=O)Nc1ccccc1SCC(N)=O. The van der Waals surface area contributed by atoms with Gasteiger partial charge in [0, 0.05) is 17.0 Å². The fraction of sp³-hybridized carbons (Fsp3) is 0.222. The molecule has 2 aromatic rings. The molecular formula is C18H20ClN3O2S. The van der Waals surface area contributed by atoms with E-state index >= 15 is 0 Å². The average molecular weight is 378 g/mol. The molecule has 0 aliphatic rings. The molecule has 5 nitrogen and oxygen atoms in total. The highest BCUT2D eigenvalue weighted by Gasteiger charge is 2.20. The Morgan fingerprint density at radius 3 is 2.52 bits per heavy atom. The molecule has 0 radical (unpaired) electrons. The monoisotopic (exact) mass is 377 g/mol. The number of thioether (sulfide) groups is 1. The highest BCUT2D eigenvalue weighted by atomic mass is 35.5. The Hall–Kier alpha value is -2.18.